The van der Waals surface area contributed by atoms with Gasteiger partial charge in [0.25, 0.3) is 0 Å². The third-order valence-corrected chi connectivity index (χ3v) is 2.93. The molecule has 2 aromatic rings. The quantitative estimate of drug-likeness (QED) is 0.408. The standard InChI is InChI=1S/C9H6FN3S/c10-7-1-2-9-8(3-7)6(5-14-9)4-12-13-11/h1-3,5H,4H2. The minimum Gasteiger partial charge on any atom is -0.207 e. The van der Waals surface area contributed by atoms with Gasteiger partial charge in [-0.15, -0.1) is 11.3 Å². The van der Waals surface area contributed by atoms with Crippen molar-refractivity contribution in [2.45, 2.75) is 6.54 Å². The van der Waals surface area contributed by atoms with E-state index in [9.17, 15) is 4.39 Å². The van der Waals surface area contributed by atoms with Gasteiger partial charge in [-0.25, -0.2) is 4.39 Å². The lowest BCUT2D eigenvalue weighted by molar-refractivity contribution is 0.629. The molecule has 5 heteroatoms. The first kappa shape index (κ1) is 8.99. The molecule has 0 spiro atoms. The molecule has 3 nitrogen and oxygen atoms in total. The highest BCUT2D eigenvalue weighted by Crippen LogP contribution is 2.27. The summed E-state index contributed by atoms with van der Waals surface area (Å²) in [6.07, 6.45) is 0. The first-order chi connectivity index (χ1) is 6.81. The van der Waals surface area contributed by atoms with E-state index >= 15 is 0 Å². The lowest BCUT2D eigenvalue weighted by Crippen LogP contribution is -1.78. The van der Waals surface area contributed by atoms with Crippen molar-refractivity contribution in [3.63, 3.8) is 0 Å². The van der Waals surface area contributed by atoms with Gasteiger partial charge in [0.1, 0.15) is 5.82 Å². The van der Waals surface area contributed by atoms with E-state index in [0.717, 1.165) is 15.6 Å². The van der Waals surface area contributed by atoms with Gasteiger partial charge in [-0.3, -0.25) is 0 Å². The minimum absolute atomic E-state index is 0.266. The Morgan fingerprint density at radius 3 is 3.14 bits per heavy atom. The maximum absolute atomic E-state index is 12.9. The fourth-order valence-electron chi connectivity index (χ4n) is 1.28. The van der Waals surface area contributed by atoms with Crippen LogP contribution in [0, 0.1) is 5.82 Å². The number of fused-ring (bicyclic) bond motifs is 1. The molecule has 0 atom stereocenters. The molecule has 0 fully saturated rings. The van der Waals surface area contributed by atoms with Crippen LogP contribution in [-0.4, -0.2) is 0 Å². The van der Waals surface area contributed by atoms with Crippen molar-refractivity contribution < 1.29 is 4.39 Å². The predicted molar refractivity (Wildman–Crippen MR) is 54.6 cm³/mol. The number of azide groups is 1. The van der Waals surface area contributed by atoms with E-state index in [4.69, 9.17) is 5.53 Å². The van der Waals surface area contributed by atoms with E-state index in [1.165, 1.54) is 23.5 Å². The van der Waals surface area contributed by atoms with Crippen molar-refractivity contribution in [3.8, 4) is 0 Å². The van der Waals surface area contributed by atoms with Crippen LogP contribution in [0.2, 0.25) is 0 Å². The van der Waals surface area contributed by atoms with Crippen LogP contribution in [0.5, 0.6) is 0 Å². The molecule has 2 rings (SSSR count). The third-order valence-electron chi connectivity index (χ3n) is 1.92. The first-order valence-corrected chi connectivity index (χ1v) is 4.85. The monoisotopic (exact) mass is 207 g/mol. The van der Waals surface area contributed by atoms with E-state index in [2.05, 4.69) is 10.0 Å². The SMILES string of the molecule is [N-]=[N+]=NCc1csc2ccc(F)cc12. The molecule has 0 amide bonds. The predicted octanol–water partition coefficient (Wildman–Crippen LogP) is 3.85. The van der Waals surface area contributed by atoms with Gasteiger partial charge in [-0.1, -0.05) is 5.11 Å². The number of halogens is 1. The summed E-state index contributed by atoms with van der Waals surface area (Å²) in [6, 6.07) is 4.62. The maximum atomic E-state index is 12.9. The van der Waals surface area contributed by atoms with E-state index in [-0.39, 0.29) is 12.4 Å². The fourth-order valence-corrected chi connectivity index (χ4v) is 2.22. The second-order valence-corrected chi connectivity index (χ2v) is 3.70. The summed E-state index contributed by atoms with van der Waals surface area (Å²) in [5.41, 5.74) is 9.06. The number of thiophene rings is 1. The molecule has 0 N–H and O–H groups in total. The zero-order chi connectivity index (χ0) is 9.97. The van der Waals surface area contributed by atoms with Crippen LogP contribution in [0.4, 0.5) is 4.39 Å². The molecule has 70 valence electrons. The summed E-state index contributed by atoms with van der Waals surface area (Å²) >= 11 is 1.52. The lowest BCUT2D eigenvalue weighted by Gasteiger charge is -1.93. The Hall–Kier alpha value is -1.58. The Bertz CT molecular complexity index is 514. The van der Waals surface area contributed by atoms with Crippen molar-refractivity contribution in [2.24, 2.45) is 5.11 Å². The van der Waals surface area contributed by atoms with Crippen molar-refractivity contribution in [1.29, 1.82) is 0 Å². The summed E-state index contributed by atoms with van der Waals surface area (Å²) in [5.74, 6) is -0.266. The first-order valence-electron chi connectivity index (χ1n) is 3.98. The molecular weight excluding hydrogens is 201 g/mol. The smallest absolute Gasteiger partial charge is 0.123 e. The van der Waals surface area contributed by atoms with Crippen LogP contribution in [-0.2, 0) is 6.54 Å². The molecule has 1 aromatic heterocycles. The van der Waals surface area contributed by atoms with Crippen molar-refractivity contribution in [3.05, 3.63) is 45.4 Å². The van der Waals surface area contributed by atoms with Crippen LogP contribution in [0.3, 0.4) is 0 Å². The van der Waals surface area contributed by atoms with E-state index < -0.39 is 0 Å². The molecule has 0 aliphatic rings. The van der Waals surface area contributed by atoms with Crippen LogP contribution in [0.25, 0.3) is 20.5 Å². The normalized spacial score (nSPS) is 10.1. The number of hydrogen-bond donors (Lipinski definition) is 0. The zero-order valence-corrected chi connectivity index (χ0v) is 7.96. The van der Waals surface area contributed by atoms with E-state index in [1.54, 1.807) is 6.07 Å². The van der Waals surface area contributed by atoms with Gasteiger partial charge in [-0.05, 0) is 40.1 Å². The Kier molecular flexibility index (Phi) is 2.35. The lowest BCUT2D eigenvalue weighted by atomic mass is 10.2. The highest BCUT2D eigenvalue weighted by molar-refractivity contribution is 7.17. The minimum atomic E-state index is -0.266. The number of hydrogen-bond acceptors (Lipinski definition) is 2. The topological polar surface area (TPSA) is 48.8 Å². The van der Waals surface area contributed by atoms with Gasteiger partial charge >= 0.3 is 0 Å². The highest BCUT2D eigenvalue weighted by atomic mass is 32.1. The Labute approximate surface area is 83.4 Å². The summed E-state index contributed by atoms with van der Waals surface area (Å²) < 4.78 is 13.9. The van der Waals surface area contributed by atoms with Gasteiger partial charge in [0.2, 0.25) is 0 Å². The summed E-state index contributed by atoms with van der Waals surface area (Å²) in [6.45, 7) is 0.278. The number of benzene rings is 1. The molecule has 0 radical (unpaired) electrons. The second kappa shape index (κ2) is 3.65. The van der Waals surface area contributed by atoms with Crippen LogP contribution < -0.4 is 0 Å². The molecule has 0 saturated heterocycles. The van der Waals surface area contributed by atoms with Crippen molar-refractivity contribution >= 4 is 21.4 Å². The molecule has 0 aliphatic carbocycles. The number of rotatable bonds is 2. The summed E-state index contributed by atoms with van der Waals surface area (Å²) in [4.78, 5) is 2.68. The maximum Gasteiger partial charge on any atom is 0.123 e. The van der Waals surface area contributed by atoms with E-state index in [1.807, 2.05) is 5.38 Å². The molecule has 0 saturated carbocycles. The van der Waals surface area contributed by atoms with Gasteiger partial charge in [0, 0.05) is 9.61 Å². The zero-order valence-electron chi connectivity index (χ0n) is 7.14. The molecule has 1 aromatic carbocycles. The van der Waals surface area contributed by atoms with Crippen LogP contribution >= 0.6 is 11.3 Å². The van der Waals surface area contributed by atoms with Crippen molar-refractivity contribution in [1.82, 2.24) is 0 Å². The summed E-state index contributed by atoms with van der Waals surface area (Å²) in [7, 11) is 0. The van der Waals surface area contributed by atoms with E-state index in [0.29, 0.717) is 0 Å². The van der Waals surface area contributed by atoms with Crippen molar-refractivity contribution in [2.75, 3.05) is 0 Å². The van der Waals surface area contributed by atoms with Crippen LogP contribution in [0.1, 0.15) is 5.56 Å². The molecule has 0 bridgehead atoms. The number of nitrogens with zero attached hydrogens (tertiary/aromatic N) is 3. The van der Waals surface area contributed by atoms with Gasteiger partial charge in [0.15, 0.2) is 0 Å². The second-order valence-electron chi connectivity index (χ2n) is 2.79. The Morgan fingerprint density at radius 1 is 1.50 bits per heavy atom. The largest absolute Gasteiger partial charge is 0.207 e. The highest BCUT2D eigenvalue weighted by Gasteiger charge is 2.03. The van der Waals surface area contributed by atoms with Gasteiger partial charge in [-0.2, -0.15) is 0 Å². The average Bonchev–Trinajstić information content (AvgIpc) is 2.57. The molecule has 0 unspecified atom stereocenters. The van der Waals surface area contributed by atoms with Crippen LogP contribution in [0.15, 0.2) is 28.7 Å². The molecule has 14 heavy (non-hydrogen) atoms. The molecule has 0 aliphatic heterocycles. The Morgan fingerprint density at radius 2 is 2.36 bits per heavy atom. The third kappa shape index (κ3) is 1.55. The molecular formula is C9H6FN3S. The molecule has 1 heterocycles. The van der Waals surface area contributed by atoms with Gasteiger partial charge < -0.3 is 0 Å². The Balaban J connectivity index is 2.54. The average molecular weight is 207 g/mol. The van der Waals surface area contributed by atoms with Gasteiger partial charge in [0.05, 0.1) is 6.54 Å². The fraction of sp³-hybridized carbons (Fsp3) is 0.111. The summed E-state index contributed by atoms with van der Waals surface area (Å²) in [5, 5.41) is 6.18.